The maximum absolute atomic E-state index is 5.49. The quantitative estimate of drug-likeness (QED) is 0.732. The summed E-state index contributed by atoms with van der Waals surface area (Å²) in [4.78, 5) is 9.14. The number of hydrogen-bond acceptors (Lipinski definition) is 6. The predicted octanol–water partition coefficient (Wildman–Crippen LogP) is 1.77. The molecular formula is C17H20N6O. The Morgan fingerprint density at radius 2 is 1.79 bits per heavy atom. The smallest absolute Gasteiger partial charge is 0.256 e. The topological polar surface area (TPSA) is 58.8 Å². The fourth-order valence-corrected chi connectivity index (χ4v) is 3.22. The molecule has 2 aromatic heterocycles. The van der Waals surface area contributed by atoms with Crippen LogP contribution in [0.1, 0.15) is 5.69 Å². The second kappa shape index (κ2) is 5.99. The second-order valence-electron chi connectivity index (χ2n) is 5.90. The molecule has 0 unspecified atom stereocenters. The molecule has 1 aliphatic rings. The van der Waals surface area contributed by atoms with Crippen LogP contribution in [-0.4, -0.2) is 52.9 Å². The van der Waals surface area contributed by atoms with Crippen LogP contribution in [0.4, 0.5) is 11.5 Å². The fourth-order valence-electron chi connectivity index (χ4n) is 3.22. The summed E-state index contributed by atoms with van der Waals surface area (Å²) in [5, 5.41) is 8.05. The Kier molecular flexibility index (Phi) is 3.68. The first-order valence-corrected chi connectivity index (χ1v) is 8.06. The van der Waals surface area contributed by atoms with Crippen LogP contribution in [0.15, 0.2) is 36.7 Å². The minimum atomic E-state index is 0.650. The Labute approximate surface area is 140 Å². The number of aromatic nitrogens is 4. The summed E-state index contributed by atoms with van der Waals surface area (Å²) in [6, 6.07) is 10.3. The van der Waals surface area contributed by atoms with Crippen molar-refractivity contribution in [2.24, 2.45) is 0 Å². The van der Waals surface area contributed by atoms with E-state index in [4.69, 9.17) is 4.74 Å². The molecule has 0 aliphatic carbocycles. The highest BCUT2D eigenvalue weighted by Gasteiger charge is 2.21. The first kappa shape index (κ1) is 14.7. The van der Waals surface area contributed by atoms with Crippen molar-refractivity contribution in [1.29, 1.82) is 0 Å². The van der Waals surface area contributed by atoms with E-state index in [2.05, 4.69) is 43.2 Å². The van der Waals surface area contributed by atoms with E-state index < -0.39 is 0 Å². The number of hydrogen-bond donors (Lipinski definition) is 0. The van der Waals surface area contributed by atoms with Gasteiger partial charge in [-0.2, -0.15) is 0 Å². The Hall–Kier alpha value is -2.83. The molecule has 0 atom stereocenters. The first-order chi connectivity index (χ1) is 11.8. The van der Waals surface area contributed by atoms with Gasteiger partial charge in [0.15, 0.2) is 0 Å². The number of ether oxygens (including phenoxy) is 1. The average Bonchev–Trinajstić information content (AvgIpc) is 3.09. The number of piperazine rings is 1. The molecule has 3 aromatic rings. The monoisotopic (exact) mass is 324 g/mol. The second-order valence-corrected chi connectivity index (χ2v) is 5.90. The van der Waals surface area contributed by atoms with Crippen LogP contribution in [0.3, 0.4) is 0 Å². The number of aryl methyl sites for hydroxylation is 1. The molecule has 3 heterocycles. The van der Waals surface area contributed by atoms with Crippen molar-refractivity contribution >= 4 is 17.3 Å². The Balaban J connectivity index is 1.56. The first-order valence-electron chi connectivity index (χ1n) is 8.06. The van der Waals surface area contributed by atoms with E-state index in [1.54, 1.807) is 13.4 Å². The fraction of sp³-hybridized carbons (Fsp3) is 0.353. The van der Waals surface area contributed by atoms with Crippen molar-refractivity contribution in [3.63, 3.8) is 0 Å². The SMILES string of the molecule is COc1ccccc1N1CCN(c2cc(C)nc3nncn23)CC1. The normalized spacial score (nSPS) is 15.1. The van der Waals surface area contributed by atoms with Crippen molar-refractivity contribution in [2.75, 3.05) is 43.1 Å². The average molecular weight is 324 g/mol. The summed E-state index contributed by atoms with van der Waals surface area (Å²) in [5.74, 6) is 2.67. The zero-order valence-corrected chi connectivity index (χ0v) is 13.9. The molecule has 0 bridgehead atoms. The van der Waals surface area contributed by atoms with Gasteiger partial charge in [0.1, 0.15) is 17.9 Å². The molecule has 7 nitrogen and oxygen atoms in total. The molecule has 124 valence electrons. The van der Waals surface area contributed by atoms with Gasteiger partial charge in [0.25, 0.3) is 5.78 Å². The van der Waals surface area contributed by atoms with E-state index in [0.717, 1.165) is 49.1 Å². The van der Waals surface area contributed by atoms with Gasteiger partial charge in [-0.3, -0.25) is 4.40 Å². The lowest BCUT2D eigenvalue weighted by molar-refractivity contribution is 0.413. The van der Waals surface area contributed by atoms with Crippen molar-refractivity contribution in [3.8, 4) is 5.75 Å². The number of methoxy groups -OCH3 is 1. The van der Waals surface area contributed by atoms with Crippen LogP contribution in [0.2, 0.25) is 0 Å². The lowest BCUT2D eigenvalue weighted by Gasteiger charge is -2.37. The van der Waals surface area contributed by atoms with Gasteiger partial charge in [-0.05, 0) is 19.1 Å². The summed E-state index contributed by atoms with van der Waals surface area (Å²) < 4.78 is 7.44. The summed E-state index contributed by atoms with van der Waals surface area (Å²) in [6.45, 7) is 5.71. The van der Waals surface area contributed by atoms with Crippen LogP contribution in [0.25, 0.3) is 5.78 Å². The number of benzene rings is 1. The number of rotatable bonds is 3. The van der Waals surface area contributed by atoms with Crippen LogP contribution < -0.4 is 14.5 Å². The summed E-state index contributed by atoms with van der Waals surface area (Å²) in [7, 11) is 1.72. The van der Waals surface area contributed by atoms with Crippen molar-refractivity contribution < 1.29 is 4.74 Å². The van der Waals surface area contributed by atoms with Gasteiger partial charge in [0.05, 0.1) is 12.8 Å². The standard InChI is InChI=1S/C17H20N6O/c1-13-11-16(23-12-18-20-17(23)19-13)22-9-7-21(8-10-22)14-5-3-4-6-15(14)24-2/h3-6,11-12H,7-10H2,1-2H3. The Morgan fingerprint density at radius 1 is 1.04 bits per heavy atom. The predicted molar refractivity (Wildman–Crippen MR) is 92.9 cm³/mol. The van der Waals surface area contributed by atoms with E-state index in [1.165, 1.54) is 0 Å². The molecule has 0 radical (unpaired) electrons. The van der Waals surface area contributed by atoms with Gasteiger partial charge in [-0.15, -0.1) is 10.2 Å². The molecule has 7 heteroatoms. The van der Waals surface area contributed by atoms with Crippen LogP contribution in [0.5, 0.6) is 5.75 Å². The molecule has 0 spiro atoms. The zero-order valence-electron chi connectivity index (χ0n) is 13.9. The van der Waals surface area contributed by atoms with Gasteiger partial charge in [-0.1, -0.05) is 12.1 Å². The number of nitrogens with zero attached hydrogens (tertiary/aromatic N) is 6. The van der Waals surface area contributed by atoms with Crippen molar-refractivity contribution in [3.05, 3.63) is 42.4 Å². The molecule has 1 fully saturated rings. The van der Waals surface area contributed by atoms with Gasteiger partial charge in [0.2, 0.25) is 0 Å². The highest BCUT2D eigenvalue weighted by atomic mass is 16.5. The van der Waals surface area contributed by atoms with Crippen molar-refractivity contribution in [1.82, 2.24) is 19.6 Å². The summed E-state index contributed by atoms with van der Waals surface area (Å²) in [6.07, 6.45) is 1.73. The Morgan fingerprint density at radius 3 is 2.58 bits per heavy atom. The minimum absolute atomic E-state index is 0.650. The highest BCUT2D eigenvalue weighted by Crippen LogP contribution is 2.29. The van der Waals surface area contributed by atoms with E-state index in [9.17, 15) is 0 Å². The van der Waals surface area contributed by atoms with Gasteiger partial charge >= 0.3 is 0 Å². The summed E-state index contributed by atoms with van der Waals surface area (Å²) in [5.41, 5.74) is 2.11. The van der Waals surface area contributed by atoms with Crippen LogP contribution in [0, 0.1) is 6.92 Å². The van der Waals surface area contributed by atoms with Crippen LogP contribution >= 0.6 is 0 Å². The van der Waals surface area contributed by atoms with Gasteiger partial charge in [0, 0.05) is 37.9 Å². The third-order valence-corrected chi connectivity index (χ3v) is 4.42. The van der Waals surface area contributed by atoms with E-state index in [0.29, 0.717) is 5.78 Å². The third-order valence-electron chi connectivity index (χ3n) is 4.42. The van der Waals surface area contributed by atoms with Gasteiger partial charge in [-0.25, -0.2) is 4.98 Å². The molecule has 0 N–H and O–H groups in total. The maximum atomic E-state index is 5.49. The molecule has 1 aliphatic heterocycles. The van der Waals surface area contributed by atoms with Gasteiger partial charge < -0.3 is 14.5 Å². The summed E-state index contributed by atoms with van der Waals surface area (Å²) >= 11 is 0. The lowest BCUT2D eigenvalue weighted by atomic mass is 10.2. The van der Waals surface area contributed by atoms with E-state index in [1.807, 2.05) is 23.5 Å². The number of anilines is 2. The molecule has 1 aromatic carbocycles. The molecule has 0 saturated carbocycles. The third kappa shape index (κ3) is 2.51. The molecule has 4 rings (SSSR count). The number of para-hydroxylation sites is 2. The molecule has 24 heavy (non-hydrogen) atoms. The zero-order chi connectivity index (χ0) is 16.5. The van der Waals surface area contributed by atoms with Crippen LogP contribution in [-0.2, 0) is 0 Å². The maximum Gasteiger partial charge on any atom is 0.256 e. The highest BCUT2D eigenvalue weighted by molar-refractivity contribution is 5.60. The van der Waals surface area contributed by atoms with E-state index in [-0.39, 0.29) is 0 Å². The molecular weight excluding hydrogens is 304 g/mol. The molecule has 1 saturated heterocycles. The molecule has 0 amide bonds. The van der Waals surface area contributed by atoms with E-state index >= 15 is 0 Å². The van der Waals surface area contributed by atoms with Crippen molar-refractivity contribution in [2.45, 2.75) is 6.92 Å². The number of fused-ring (bicyclic) bond motifs is 1. The lowest BCUT2D eigenvalue weighted by Crippen LogP contribution is -2.47. The Bertz CT molecular complexity index is 853. The largest absolute Gasteiger partial charge is 0.495 e. The minimum Gasteiger partial charge on any atom is -0.495 e.